The van der Waals surface area contributed by atoms with E-state index in [4.69, 9.17) is 0 Å². The Kier molecular flexibility index (Phi) is 3.12. The van der Waals surface area contributed by atoms with Crippen LogP contribution >= 0.6 is 0 Å². The second kappa shape index (κ2) is 4.73. The second-order valence-corrected chi connectivity index (χ2v) is 6.73. The molecule has 1 fully saturated rings. The van der Waals surface area contributed by atoms with Crippen molar-refractivity contribution in [3.63, 3.8) is 0 Å². The highest BCUT2D eigenvalue weighted by Gasteiger charge is 2.62. The molecule has 21 heavy (non-hydrogen) atoms. The first kappa shape index (κ1) is 13.9. The van der Waals surface area contributed by atoms with Crippen LogP contribution in [0.5, 0.6) is 0 Å². The Balaban J connectivity index is 1.98. The van der Waals surface area contributed by atoms with Crippen LogP contribution in [0.15, 0.2) is 60.7 Å². The maximum absolute atomic E-state index is 12.8. The second-order valence-electron chi connectivity index (χ2n) is 6.73. The standard InChI is InChI=1S/C19H21NO/c1-18(2,3)19(16-12-8-5-9-13-16)14-20(19)17(21)15-10-6-4-7-11-15/h4-13H,14H2,1-3H3. The highest BCUT2D eigenvalue weighted by atomic mass is 16.2. The predicted molar refractivity (Wildman–Crippen MR) is 85.1 cm³/mol. The molecule has 0 radical (unpaired) electrons. The van der Waals surface area contributed by atoms with E-state index in [0.29, 0.717) is 0 Å². The summed E-state index contributed by atoms with van der Waals surface area (Å²) >= 11 is 0. The molecule has 2 aromatic carbocycles. The molecule has 1 heterocycles. The van der Waals surface area contributed by atoms with E-state index >= 15 is 0 Å². The van der Waals surface area contributed by atoms with Crippen LogP contribution in [0.25, 0.3) is 0 Å². The topological polar surface area (TPSA) is 20.1 Å². The van der Waals surface area contributed by atoms with Crippen LogP contribution in [0.1, 0.15) is 36.7 Å². The van der Waals surface area contributed by atoms with Gasteiger partial charge in [-0.1, -0.05) is 69.3 Å². The average molecular weight is 279 g/mol. The zero-order valence-corrected chi connectivity index (χ0v) is 12.8. The highest BCUT2D eigenvalue weighted by molar-refractivity contribution is 5.96. The Labute approximate surface area is 126 Å². The number of nitrogens with zero attached hydrogens (tertiary/aromatic N) is 1. The Morgan fingerprint density at radius 2 is 1.48 bits per heavy atom. The van der Waals surface area contributed by atoms with Gasteiger partial charge in [0.2, 0.25) is 0 Å². The molecule has 0 bridgehead atoms. The number of rotatable bonds is 2. The van der Waals surface area contributed by atoms with Gasteiger partial charge in [0.15, 0.2) is 0 Å². The molecule has 2 aromatic rings. The van der Waals surface area contributed by atoms with Crippen molar-refractivity contribution in [1.29, 1.82) is 0 Å². The van der Waals surface area contributed by atoms with E-state index in [1.807, 2.05) is 53.4 Å². The van der Waals surface area contributed by atoms with Gasteiger partial charge in [-0.2, -0.15) is 0 Å². The molecular weight excluding hydrogens is 258 g/mol. The zero-order valence-electron chi connectivity index (χ0n) is 12.8. The molecule has 1 aliphatic heterocycles. The molecule has 1 aliphatic rings. The molecule has 2 heteroatoms. The monoisotopic (exact) mass is 279 g/mol. The van der Waals surface area contributed by atoms with Crippen molar-refractivity contribution in [1.82, 2.24) is 4.90 Å². The van der Waals surface area contributed by atoms with E-state index in [9.17, 15) is 4.79 Å². The minimum absolute atomic E-state index is 0.00120. The number of hydrogen-bond donors (Lipinski definition) is 0. The number of benzene rings is 2. The molecule has 0 aromatic heterocycles. The fourth-order valence-electron chi connectivity index (χ4n) is 3.21. The first-order chi connectivity index (χ1) is 9.97. The Hall–Kier alpha value is -2.09. The van der Waals surface area contributed by atoms with Crippen LogP contribution in [-0.4, -0.2) is 17.4 Å². The lowest BCUT2D eigenvalue weighted by Gasteiger charge is -2.32. The molecule has 3 rings (SSSR count). The van der Waals surface area contributed by atoms with Crippen molar-refractivity contribution < 1.29 is 4.79 Å². The summed E-state index contributed by atoms with van der Waals surface area (Å²) in [7, 11) is 0. The Bertz CT molecular complexity index is 642. The van der Waals surface area contributed by atoms with Crippen molar-refractivity contribution in [2.24, 2.45) is 5.41 Å². The maximum atomic E-state index is 12.8. The first-order valence-electron chi connectivity index (χ1n) is 7.39. The SMILES string of the molecule is CC(C)(C)C1(c2ccccc2)CN1C(=O)c1ccccc1. The molecule has 0 aliphatic carbocycles. The smallest absolute Gasteiger partial charge is 0.254 e. The number of carbonyl (C=O) groups is 1. The van der Waals surface area contributed by atoms with Crippen molar-refractivity contribution in [2.75, 3.05) is 6.54 Å². The van der Waals surface area contributed by atoms with Gasteiger partial charge in [0.1, 0.15) is 0 Å². The summed E-state index contributed by atoms with van der Waals surface area (Å²) in [5, 5.41) is 0. The lowest BCUT2D eigenvalue weighted by molar-refractivity contribution is 0.0803. The van der Waals surface area contributed by atoms with Crippen LogP contribution in [0.4, 0.5) is 0 Å². The molecule has 0 spiro atoms. The van der Waals surface area contributed by atoms with Gasteiger partial charge < -0.3 is 4.90 Å². The van der Waals surface area contributed by atoms with E-state index in [1.54, 1.807) is 0 Å². The van der Waals surface area contributed by atoms with Crippen molar-refractivity contribution in [3.05, 3.63) is 71.8 Å². The van der Waals surface area contributed by atoms with Gasteiger partial charge in [0.25, 0.3) is 5.91 Å². The van der Waals surface area contributed by atoms with Crippen LogP contribution in [0, 0.1) is 5.41 Å². The average Bonchev–Trinajstić information content (AvgIpc) is 3.25. The Morgan fingerprint density at radius 3 is 2.00 bits per heavy atom. The van der Waals surface area contributed by atoms with E-state index in [1.165, 1.54) is 5.56 Å². The van der Waals surface area contributed by atoms with Crippen LogP contribution in [0.2, 0.25) is 0 Å². The van der Waals surface area contributed by atoms with Crippen molar-refractivity contribution >= 4 is 5.91 Å². The number of carbonyl (C=O) groups excluding carboxylic acids is 1. The molecule has 0 saturated carbocycles. The van der Waals surface area contributed by atoms with Gasteiger partial charge in [-0.25, -0.2) is 0 Å². The van der Waals surface area contributed by atoms with E-state index in [0.717, 1.165) is 12.1 Å². The minimum Gasteiger partial charge on any atom is -0.324 e. The van der Waals surface area contributed by atoms with Crippen molar-refractivity contribution in [2.45, 2.75) is 26.3 Å². The van der Waals surface area contributed by atoms with Gasteiger partial charge >= 0.3 is 0 Å². The largest absolute Gasteiger partial charge is 0.324 e. The van der Waals surface area contributed by atoms with E-state index < -0.39 is 0 Å². The summed E-state index contributed by atoms with van der Waals surface area (Å²) < 4.78 is 0. The molecule has 1 saturated heterocycles. The zero-order chi connectivity index (χ0) is 15.1. The van der Waals surface area contributed by atoms with Gasteiger partial charge in [-0.05, 0) is 23.1 Å². The lowest BCUT2D eigenvalue weighted by atomic mass is 9.75. The summed E-state index contributed by atoms with van der Waals surface area (Å²) in [6, 6.07) is 19.9. The predicted octanol–water partition coefficient (Wildman–Crippen LogP) is 4.08. The Morgan fingerprint density at radius 1 is 0.952 bits per heavy atom. The third kappa shape index (κ3) is 2.15. The molecule has 1 unspecified atom stereocenters. The fourth-order valence-corrected chi connectivity index (χ4v) is 3.21. The fraction of sp³-hybridized carbons (Fsp3) is 0.316. The van der Waals surface area contributed by atoms with E-state index in [-0.39, 0.29) is 16.9 Å². The summed E-state index contributed by atoms with van der Waals surface area (Å²) in [5.74, 6) is 0.120. The number of hydrogen-bond acceptors (Lipinski definition) is 1. The van der Waals surface area contributed by atoms with Gasteiger partial charge in [-0.3, -0.25) is 4.79 Å². The quantitative estimate of drug-likeness (QED) is 0.758. The minimum atomic E-state index is -0.193. The lowest BCUT2D eigenvalue weighted by Crippen LogP contribution is -2.34. The molecular formula is C19H21NO. The van der Waals surface area contributed by atoms with Crippen LogP contribution in [0.3, 0.4) is 0 Å². The highest BCUT2D eigenvalue weighted by Crippen LogP contribution is 2.55. The molecule has 108 valence electrons. The summed E-state index contributed by atoms with van der Waals surface area (Å²) in [5.41, 5.74) is 1.79. The molecule has 1 amide bonds. The summed E-state index contributed by atoms with van der Waals surface area (Å²) in [6.07, 6.45) is 0. The maximum Gasteiger partial charge on any atom is 0.254 e. The summed E-state index contributed by atoms with van der Waals surface area (Å²) in [6.45, 7) is 7.41. The van der Waals surface area contributed by atoms with Gasteiger partial charge in [0.05, 0.1) is 12.1 Å². The van der Waals surface area contributed by atoms with Crippen LogP contribution in [-0.2, 0) is 5.54 Å². The van der Waals surface area contributed by atoms with Gasteiger partial charge in [0, 0.05) is 5.56 Å². The third-order valence-electron chi connectivity index (χ3n) is 4.50. The van der Waals surface area contributed by atoms with E-state index in [2.05, 4.69) is 32.9 Å². The van der Waals surface area contributed by atoms with Crippen LogP contribution < -0.4 is 0 Å². The first-order valence-corrected chi connectivity index (χ1v) is 7.39. The molecule has 1 atom stereocenters. The van der Waals surface area contributed by atoms with Gasteiger partial charge in [-0.15, -0.1) is 0 Å². The molecule has 2 nitrogen and oxygen atoms in total. The summed E-state index contributed by atoms with van der Waals surface area (Å²) in [4.78, 5) is 14.8. The number of amides is 1. The van der Waals surface area contributed by atoms with Crippen molar-refractivity contribution in [3.8, 4) is 0 Å². The molecule has 0 N–H and O–H groups in total. The normalized spacial score (nSPS) is 21.2. The third-order valence-corrected chi connectivity index (χ3v) is 4.50.